The van der Waals surface area contributed by atoms with Gasteiger partial charge in [-0.05, 0) is 6.07 Å². The van der Waals surface area contributed by atoms with Gasteiger partial charge < -0.3 is 4.98 Å². The number of ketones is 1. The summed E-state index contributed by atoms with van der Waals surface area (Å²) >= 11 is 6.12. The molecule has 0 unspecified atom stereocenters. The van der Waals surface area contributed by atoms with E-state index >= 15 is 0 Å². The van der Waals surface area contributed by atoms with E-state index in [9.17, 15) is 4.79 Å². The predicted molar refractivity (Wildman–Crippen MR) is 71.0 cm³/mol. The molecule has 2 heterocycles. The van der Waals surface area contributed by atoms with Crippen molar-refractivity contribution in [2.24, 2.45) is 0 Å². The predicted octanol–water partition coefficient (Wildman–Crippen LogP) is 3.45. The van der Waals surface area contributed by atoms with E-state index in [0.29, 0.717) is 27.2 Å². The van der Waals surface area contributed by atoms with E-state index < -0.39 is 0 Å². The maximum absolute atomic E-state index is 12.4. The average molecular weight is 257 g/mol. The third-order valence-corrected chi connectivity index (χ3v) is 3.12. The Morgan fingerprint density at radius 2 is 1.94 bits per heavy atom. The van der Waals surface area contributed by atoms with Gasteiger partial charge in [0.2, 0.25) is 0 Å². The zero-order valence-electron chi connectivity index (χ0n) is 9.35. The SMILES string of the molecule is O=C(c1ccccc1)c1c[nH]c2nccc(Cl)c12. The van der Waals surface area contributed by atoms with Crippen LogP contribution in [0.15, 0.2) is 48.8 Å². The molecule has 0 aliphatic rings. The molecule has 3 rings (SSSR count). The molecule has 0 spiro atoms. The van der Waals surface area contributed by atoms with E-state index in [1.54, 1.807) is 30.6 Å². The van der Waals surface area contributed by atoms with Crippen molar-refractivity contribution in [3.63, 3.8) is 0 Å². The minimum Gasteiger partial charge on any atom is -0.345 e. The average Bonchev–Trinajstić information content (AvgIpc) is 2.84. The van der Waals surface area contributed by atoms with Crippen LogP contribution in [0.1, 0.15) is 15.9 Å². The Hall–Kier alpha value is -2.13. The molecule has 0 saturated carbocycles. The number of pyridine rings is 1. The first-order chi connectivity index (χ1) is 8.77. The summed E-state index contributed by atoms with van der Waals surface area (Å²) in [5.41, 5.74) is 1.81. The lowest BCUT2D eigenvalue weighted by Gasteiger charge is -2.00. The summed E-state index contributed by atoms with van der Waals surface area (Å²) in [5.74, 6) is -0.0586. The monoisotopic (exact) mass is 256 g/mol. The molecule has 3 nitrogen and oxygen atoms in total. The van der Waals surface area contributed by atoms with Crippen LogP contribution in [0.25, 0.3) is 11.0 Å². The molecule has 0 atom stereocenters. The molecule has 0 fully saturated rings. The van der Waals surface area contributed by atoms with Crippen LogP contribution in [0.4, 0.5) is 0 Å². The first-order valence-corrected chi connectivity index (χ1v) is 5.86. The highest BCUT2D eigenvalue weighted by Gasteiger charge is 2.16. The Labute approximate surface area is 108 Å². The van der Waals surface area contributed by atoms with Crippen LogP contribution in [-0.4, -0.2) is 15.8 Å². The quantitative estimate of drug-likeness (QED) is 0.714. The number of benzene rings is 1. The maximum atomic E-state index is 12.4. The number of hydrogen-bond donors (Lipinski definition) is 1. The van der Waals surface area contributed by atoms with Crippen molar-refractivity contribution in [3.8, 4) is 0 Å². The highest BCUT2D eigenvalue weighted by atomic mass is 35.5. The third kappa shape index (κ3) is 1.69. The lowest BCUT2D eigenvalue weighted by atomic mass is 10.0. The molecule has 4 heteroatoms. The molecule has 0 aliphatic heterocycles. The molecule has 0 amide bonds. The summed E-state index contributed by atoms with van der Waals surface area (Å²) in [7, 11) is 0. The third-order valence-electron chi connectivity index (χ3n) is 2.80. The van der Waals surface area contributed by atoms with Crippen LogP contribution >= 0.6 is 11.6 Å². The van der Waals surface area contributed by atoms with E-state index in [1.165, 1.54) is 0 Å². The van der Waals surface area contributed by atoms with Gasteiger partial charge in [0.25, 0.3) is 0 Å². The van der Waals surface area contributed by atoms with Gasteiger partial charge in [0.15, 0.2) is 5.78 Å². The second-order valence-electron chi connectivity index (χ2n) is 3.91. The van der Waals surface area contributed by atoms with Crippen LogP contribution in [-0.2, 0) is 0 Å². The van der Waals surface area contributed by atoms with Crippen LogP contribution in [0, 0.1) is 0 Å². The molecule has 2 aromatic heterocycles. The van der Waals surface area contributed by atoms with Crippen molar-refractivity contribution in [2.75, 3.05) is 0 Å². The van der Waals surface area contributed by atoms with E-state index in [4.69, 9.17) is 11.6 Å². The maximum Gasteiger partial charge on any atom is 0.195 e. The first kappa shape index (κ1) is 11.0. The minimum absolute atomic E-state index is 0.0586. The molecule has 1 aromatic carbocycles. The Morgan fingerprint density at radius 3 is 2.72 bits per heavy atom. The second-order valence-corrected chi connectivity index (χ2v) is 4.32. The number of H-pyrrole nitrogens is 1. The molecular weight excluding hydrogens is 248 g/mol. The number of fused-ring (bicyclic) bond motifs is 1. The number of aromatic amines is 1. The van der Waals surface area contributed by atoms with Crippen molar-refractivity contribution in [2.45, 2.75) is 0 Å². The van der Waals surface area contributed by atoms with Crippen molar-refractivity contribution in [1.82, 2.24) is 9.97 Å². The molecule has 1 N–H and O–H groups in total. The van der Waals surface area contributed by atoms with E-state index in [-0.39, 0.29) is 5.78 Å². The van der Waals surface area contributed by atoms with Gasteiger partial charge >= 0.3 is 0 Å². The zero-order valence-corrected chi connectivity index (χ0v) is 10.1. The summed E-state index contributed by atoms with van der Waals surface area (Å²) in [6.45, 7) is 0. The Bertz CT molecular complexity index is 719. The Balaban J connectivity index is 2.19. The highest BCUT2D eigenvalue weighted by molar-refractivity contribution is 6.37. The van der Waals surface area contributed by atoms with Crippen molar-refractivity contribution in [3.05, 3.63) is 64.9 Å². The van der Waals surface area contributed by atoms with Crippen molar-refractivity contribution < 1.29 is 4.79 Å². The topological polar surface area (TPSA) is 45.8 Å². The standard InChI is InChI=1S/C14H9ClN2O/c15-11-6-7-16-14-12(11)10(8-17-14)13(18)9-4-2-1-3-5-9/h1-8H,(H,16,17). The molecule has 18 heavy (non-hydrogen) atoms. The first-order valence-electron chi connectivity index (χ1n) is 5.48. The largest absolute Gasteiger partial charge is 0.345 e. The summed E-state index contributed by atoms with van der Waals surface area (Å²) < 4.78 is 0. The minimum atomic E-state index is -0.0586. The van der Waals surface area contributed by atoms with E-state index in [0.717, 1.165) is 0 Å². The van der Waals surface area contributed by atoms with Gasteiger partial charge in [-0.3, -0.25) is 4.79 Å². The molecule has 0 radical (unpaired) electrons. The number of hydrogen-bond acceptors (Lipinski definition) is 2. The number of nitrogens with one attached hydrogen (secondary N) is 1. The summed E-state index contributed by atoms with van der Waals surface area (Å²) in [6.07, 6.45) is 3.26. The molecule has 3 aromatic rings. The van der Waals surface area contributed by atoms with Gasteiger partial charge in [0, 0.05) is 23.3 Å². The Morgan fingerprint density at radius 1 is 1.17 bits per heavy atom. The number of carbonyl (C=O) groups is 1. The number of nitrogens with zero attached hydrogens (tertiary/aromatic N) is 1. The van der Waals surface area contributed by atoms with E-state index in [1.807, 2.05) is 18.2 Å². The van der Waals surface area contributed by atoms with Crippen LogP contribution in [0.5, 0.6) is 0 Å². The van der Waals surface area contributed by atoms with Gasteiger partial charge in [-0.2, -0.15) is 0 Å². The fourth-order valence-corrected chi connectivity index (χ4v) is 2.19. The number of halogens is 1. The number of rotatable bonds is 2. The van der Waals surface area contributed by atoms with Crippen LogP contribution in [0.2, 0.25) is 5.02 Å². The second kappa shape index (κ2) is 4.27. The van der Waals surface area contributed by atoms with Gasteiger partial charge in [-0.25, -0.2) is 4.98 Å². The molecular formula is C14H9ClN2O. The molecule has 0 bridgehead atoms. The number of carbonyl (C=O) groups excluding carboxylic acids is 1. The normalized spacial score (nSPS) is 10.7. The zero-order chi connectivity index (χ0) is 12.5. The van der Waals surface area contributed by atoms with Gasteiger partial charge in [0.1, 0.15) is 5.65 Å². The smallest absolute Gasteiger partial charge is 0.195 e. The van der Waals surface area contributed by atoms with Crippen molar-refractivity contribution >= 4 is 28.4 Å². The molecule has 88 valence electrons. The number of aromatic nitrogens is 2. The lowest BCUT2D eigenvalue weighted by Crippen LogP contribution is -1.99. The van der Waals surface area contributed by atoms with Crippen LogP contribution < -0.4 is 0 Å². The fourth-order valence-electron chi connectivity index (χ4n) is 1.94. The van der Waals surface area contributed by atoms with Gasteiger partial charge in [0.05, 0.1) is 10.6 Å². The van der Waals surface area contributed by atoms with Gasteiger partial charge in [-0.15, -0.1) is 0 Å². The molecule has 0 saturated heterocycles. The Kier molecular flexibility index (Phi) is 2.61. The van der Waals surface area contributed by atoms with E-state index in [2.05, 4.69) is 9.97 Å². The highest BCUT2D eigenvalue weighted by Crippen LogP contribution is 2.26. The van der Waals surface area contributed by atoms with Crippen LogP contribution in [0.3, 0.4) is 0 Å². The van der Waals surface area contributed by atoms with Crippen molar-refractivity contribution in [1.29, 1.82) is 0 Å². The fraction of sp³-hybridized carbons (Fsp3) is 0. The summed E-state index contributed by atoms with van der Waals surface area (Å²) in [6, 6.07) is 10.8. The molecule has 0 aliphatic carbocycles. The van der Waals surface area contributed by atoms with Gasteiger partial charge in [-0.1, -0.05) is 41.9 Å². The lowest BCUT2D eigenvalue weighted by molar-refractivity contribution is 0.104. The summed E-state index contributed by atoms with van der Waals surface area (Å²) in [4.78, 5) is 19.5. The summed E-state index contributed by atoms with van der Waals surface area (Å²) in [5, 5.41) is 1.20.